The van der Waals surface area contributed by atoms with Crippen LogP contribution < -0.4 is 20.1 Å². The van der Waals surface area contributed by atoms with Crippen molar-refractivity contribution in [1.82, 2.24) is 0 Å². The lowest BCUT2D eigenvalue weighted by atomic mass is 10.1. The summed E-state index contributed by atoms with van der Waals surface area (Å²) < 4.78 is 12.3. The topological polar surface area (TPSA) is 96.9 Å². The number of amides is 1. The molecule has 0 aliphatic rings. The lowest BCUT2D eigenvalue weighted by Gasteiger charge is -2.16. The number of carboxylic acid groups (broad SMARTS) is 1. The fraction of sp³-hybridized carbons (Fsp3) is 0.231. The van der Waals surface area contributed by atoms with Gasteiger partial charge < -0.3 is 25.2 Å². The maximum absolute atomic E-state index is 12.3. The normalized spacial score (nSPS) is 10.5. The fourth-order valence-electron chi connectivity index (χ4n) is 3.21. The van der Waals surface area contributed by atoms with E-state index in [1.54, 1.807) is 24.3 Å². The van der Waals surface area contributed by atoms with Crippen LogP contribution in [0.5, 0.6) is 11.5 Å². The number of carbonyl (C=O) groups excluding carboxylic acids is 1. The Labute approximate surface area is 207 Å². The minimum Gasteiger partial charge on any atom is -0.490 e. The van der Waals surface area contributed by atoms with Gasteiger partial charge in [-0.05, 0) is 68.3 Å². The van der Waals surface area contributed by atoms with Crippen molar-refractivity contribution in [2.45, 2.75) is 27.3 Å². The second-order valence-electron chi connectivity index (χ2n) is 7.71. The number of rotatable bonds is 10. The molecule has 0 aromatic heterocycles. The third-order valence-corrected chi connectivity index (χ3v) is 5.80. The number of halogens is 1. The first kappa shape index (κ1) is 25.1. The molecular formula is C26H27BrN2O5. The zero-order chi connectivity index (χ0) is 24.7. The lowest BCUT2D eigenvalue weighted by Crippen LogP contribution is -2.20. The van der Waals surface area contributed by atoms with Crippen LogP contribution in [0.15, 0.2) is 59.1 Å². The monoisotopic (exact) mass is 526 g/mol. The average Bonchev–Trinajstić information content (AvgIpc) is 2.80. The first-order valence-corrected chi connectivity index (χ1v) is 11.6. The van der Waals surface area contributed by atoms with Crippen LogP contribution in [-0.2, 0) is 11.3 Å². The highest BCUT2D eigenvalue weighted by atomic mass is 79.9. The molecule has 34 heavy (non-hydrogen) atoms. The summed E-state index contributed by atoms with van der Waals surface area (Å²) in [5, 5.41) is 15.3. The van der Waals surface area contributed by atoms with Crippen molar-refractivity contribution in [3.63, 3.8) is 0 Å². The van der Waals surface area contributed by atoms with Crippen molar-refractivity contribution in [1.29, 1.82) is 0 Å². The van der Waals surface area contributed by atoms with Gasteiger partial charge in [0.05, 0.1) is 12.2 Å². The highest BCUT2D eigenvalue weighted by Gasteiger charge is 2.14. The minimum absolute atomic E-state index is 0.167. The number of ether oxygens (including phenoxy) is 2. The van der Waals surface area contributed by atoms with Gasteiger partial charge in [-0.3, -0.25) is 4.79 Å². The van der Waals surface area contributed by atoms with Gasteiger partial charge in [0.25, 0.3) is 5.91 Å². The van der Waals surface area contributed by atoms with E-state index in [1.165, 1.54) is 0 Å². The Morgan fingerprint density at radius 3 is 2.35 bits per heavy atom. The molecule has 0 aliphatic carbocycles. The van der Waals surface area contributed by atoms with Crippen LogP contribution in [0.25, 0.3) is 0 Å². The Morgan fingerprint density at radius 2 is 1.68 bits per heavy atom. The maximum atomic E-state index is 12.3. The number of carboxylic acids is 1. The van der Waals surface area contributed by atoms with E-state index in [2.05, 4.69) is 26.6 Å². The molecule has 0 fully saturated rings. The van der Waals surface area contributed by atoms with Crippen molar-refractivity contribution in [2.24, 2.45) is 0 Å². The molecule has 0 heterocycles. The molecule has 3 rings (SSSR count). The predicted octanol–water partition coefficient (Wildman–Crippen LogP) is 5.79. The molecule has 0 saturated carbocycles. The maximum Gasteiger partial charge on any atom is 0.335 e. The van der Waals surface area contributed by atoms with E-state index in [0.29, 0.717) is 30.3 Å². The number of benzene rings is 3. The standard InChI is InChI=1S/C26H27BrN2O5/c1-4-33-23-12-19(14-28-22-11-18(26(31)32)8-7-17(22)3)21(27)13-24(23)34-15-25(30)29-20-9-5-16(2)6-10-20/h5-13,28H,4,14-15H2,1-3H3,(H,29,30)(H,31,32). The van der Waals surface area contributed by atoms with Crippen LogP contribution in [0, 0.1) is 13.8 Å². The van der Waals surface area contributed by atoms with E-state index in [1.807, 2.05) is 51.1 Å². The van der Waals surface area contributed by atoms with Crippen LogP contribution in [0.2, 0.25) is 0 Å². The van der Waals surface area contributed by atoms with Crippen LogP contribution in [0.3, 0.4) is 0 Å². The van der Waals surface area contributed by atoms with Crippen molar-refractivity contribution < 1.29 is 24.2 Å². The smallest absolute Gasteiger partial charge is 0.335 e. The highest BCUT2D eigenvalue weighted by Crippen LogP contribution is 2.34. The molecule has 178 valence electrons. The van der Waals surface area contributed by atoms with Crippen LogP contribution in [0.4, 0.5) is 11.4 Å². The molecule has 7 nitrogen and oxygen atoms in total. The number of aromatic carboxylic acids is 1. The number of aryl methyl sites for hydroxylation is 2. The van der Waals surface area contributed by atoms with Gasteiger partial charge in [-0.2, -0.15) is 0 Å². The number of carbonyl (C=O) groups is 2. The summed E-state index contributed by atoms with van der Waals surface area (Å²) in [5.74, 6) is -0.292. The molecule has 3 N–H and O–H groups in total. The predicted molar refractivity (Wildman–Crippen MR) is 136 cm³/mol. The van der Waals surface area contributed by atoms with Crippen LogP contribution in [-0.4, -0.2) is 30.2 Å². The van der Waals surface area contributed by atoms with E-state index >= 15 is 0 Å². The molecular weight excluding hydrogens is 500 g/mol. The van der Waals surface area contributed by atoms with E-state index in [0.717, 1.165) is 26.9 Å². The molecule has 8 heteroatoms. The molecule has 0 saturated heterocycles. The Hall–Kier alpha value is -3.52. The summed E-state index contributed by atoms with van der Waals surface area (Å²) in [6.45, 7) is 6.45. The molecule has 3 aromatic carbocycles. The molecule has 0 aliphatic heterocycles. The summed E-state index contributed by atoms with van der Waals surface area (Å²) in [6.07, 6.45) is 0. The zero-order valence-corrected chi connectivity index (χ0v) is 20.9. The Morgan fingerprint density at radius 1 is 0.971 bits per heavy atom. The van der Waals surface area contributed by atoms with Gasteiger partial charge >= 0.3 is 5.97 Å². The van der Waals surface area contributed by atoms with Gasteiger partial charge in [0.1, 0.15) is 0 Å². The number of anilines is 2. The number of hydrogen-bond acceptors (Lipinski definition) is 5. The van der Waals surface area contributed by atoms with Crippen molar-refractivity contribution in [2.75, 3.05) is 23.8 Å². The van der Waals surface area contributed by atoms with Crippen molar-refractivity contribution in [3.8, 4) is 11.5 Å². The van der Waals surface area contributed by atoms with E-state index in [4.69, 9.17) is 9.47 Å². The molecule has 0 spiro atoms. The zero-order valence-electron chi connectivity index (χ0n) is 19.3. The van der Waals surface area contributed by atoms with E-state index < -0.39 is 5.97 Å². The quantitative estimate of drug-likeness (QED) is 0.309. The summed E-state index contributed by atoms with van der Waals surface area (Å²) in [4.78, 5) is 23.6. The van der Waals surface area contributed by atoms with Gasteiger partial charge in [-0.25, -0.2) is 4.79 Å². The largest absolute Gasteiger partial charge is 0.490 e. The Kier molecular flexibility index (Phi) is 8.54. The molecule has 1 amide bonds. The fourth-order valence-corrected chi connectivity index (χ4v) is 3.67. The van der Waals surface area contributed by atoms with Crippen LogP contribution >= 0.6 is 15.9 Å². The summed E-state index contributed by atoms with van der Waals surface area (Å²) >= 11 is 3.56. The third-order valence-electron chi connectivity index (χ3n) is 5.06. The minimum atomic E-state index is -0.976. The van der Waals surface area contributed by atoms with Gasteiger partial charge in [-0.15, -0.1) is 0 Å². The number of hydrogen-bond donors (Lipinski definition) is 3. The SMILES string of the molecule is CCOc1cc(CNc2cc(C(=O)O)ccc2C)c(Br)cc1OCC(=O)Nc1ccc(C)cc1. The molecule has 0 radical (unpaired) electrons. The summed E-state index contributed by atoms with van der Waals surface area (Å²) in [7, 11) is 0. The van der Waals surface area contributed by atoms with Crippen LogP contribution in [0.1, 0.15) is 34.0 Å². The summed E-state index contributed by atoms with van der Waals surface area (Å²) in [5.41, 5.74) is 4.59. The second kappa shape index (κ2) is 11.6. The van der Waals surface area contributed by atoms with Crippen molar-refractivity contribution in [3.05, 3.63) is 81.3 Å². The van der Waals surface area contributed by atoms with Crippen molar-refractivity contribution >= 4 is 39.2 Å². The van der Waals surface area contributed by atoms with Gasteiger partial charge in [0.15, 0.2) is 18.1 Å². The van der Waals surface area contributed by atoms with E-state index in [-0.39, 0.29) is 18.1 Å². The average molecular weight is 527 g/mol. The summed E-state index contributed by atoms with van der Waals surface area (Å²) in [6, 6.07) is 16.1. The molecule has 0 unspecified atom stereocenters. The Balaban J connectivity index is 1.70. The highest BCUT2D eigenvalue weighted by molar-refractivity contribution is 9.10. The molecule has 0 bridgehead atoms. The molecule has 0 atom stereocenters. The van der Waals surface area contributed by atoms with Gasteiger partial charge in [0, 0.05) is 22.4 Å². The first-order chi connectivity index (χ1) is 16.3. The molecule has 3 aromatic rings. The van der Waals surface area contributed by atoms with Gasteiger partial charge in [0.2, 0.25) is 0 Å². The number of nitrogens with one attached hydrogen (secondary N) is 2. The first-order valence-electron chi connectivity index (χ1n) is 10.8. The van der Waals surface area contributed by atoms with Gasteiger partial charge in [-0.1, -0.05) is 39.7 Å². The Bertz CT molecular complexity index is 1180. The van der Waals surface area contributed by atoms with E-state index in [9.17, 15) is 14.7 Å². The second-order valence-corrected chi connectivity index (χ2v) is 8.57. The third kappa shape index (κ3) is 6.74. The lowest BCUT2D eigenvalue weighted by molar-refractivity contribution is -0.118.